The van der Waals surface area contributed by atoms with Gasteiger partial charge in [-0.2, -0.15) is 5.26 Å². The van der Waals surface area contributed by atoms with Crippen LogP contribution in [0.25, 0.3) is 16.8 Å². The number of allylic oxidation sites excluding steroid dienone is 13. The van der Waals surface area contributed by atoms with Crippen molar-refractivity contribution >= 4 is 29.2 Å². The van der Waals surface area contributed by atoms with Gasteiger partial charge in [0.2, 0.25) is 0 Å². The highest BCUT2D eigenvalue weighted by molar-refractivity contribution is 6.25. The van der Waals surface area contributed by atoms with Gasteiger partial charge in [0.05, 0.1) is 23.0 Å². The highest BCUT2D eigenvalue weighted by Gasteiger charge is 2.24. The lowest BCUT2D eigenvalue weighted by Gasteiger charge is -2.26. The molecule has 2 aliphatic rings. The smallest absolute Gasteiger partial charge is 0.0991 e. The molecule has 1 N–H and O–H groups in total. The number of halogens is 1. The standard InChI is InChI=1S/C44H40ClN3/c1-32(27-40(24-26-45)36-15-10-16-38-18-17-34(30-46)28-41(38)44(2,3)25-23-36)42(47)29-43(48-31-33-11-6-4-7-12-33)39-21-19-37(20-22-39)35-13-8-5-9-14-35/h5-6,8-15,17-24,26-29,31,47H,1,4,7,16,25H2,2-3H3/b15-10?,26-24+,36-23?,40-27+,43-29-,47-42?,48-31?. The van der Waals surface area contributed by atoms with E-state index >= 15 is 0 Å². The van der Waals surface area contributed by atoms with Crippen LogP contribution in [0.2, 0.25) is 0 Å². The molecule has 3 aromatic carbocycles. The first-order valence-corrected chi connectivity index (χ1v) is 16.7. The van der Waals surface area contributed by atoms with E-state index in [-0.39, 0.29) is 11.1 Å². The SMILES string of the molecule is C=C(/C=C(\C=C\Cl)C1=CCC(C)(C)c2cc(C#N)ccc2CC=C1)C(=N)/C=C(\N=CC1=CCCC=C1)c1ccc(-c2ccccc2)cc1. The molecular formula is C44H40ClN3. The van der Waals surface area contributed by atoms with Gasteiger partial charge in [-0.3, -0.25) is 4.99 Å². The molecule has 3 aromatic rings. The second-order valence-corrected chi connectivity index (χ2v) is 12.8. The molecule has 0 aromatic heterocycles. The minimum absolute atomic E-state index is 0.187. The Morgan fingerprint density at radius 2 is 1.71 bits per heavy atom. The summed E-state index contributed by atoms with van der Waals surface area (Å²) >= 11 is 6.15. The lowest BCUT2D eigenvalue weighted by molar-refractivity contribution is 0.529. The van der Waals surface area contributed by atoms with Crippen LogP contribution in [-0.2, 0) is 11.8 Å². The van der Waals surface area contributed by atoms with Gasteiger partial charge in [0, 0.05) is 17.3 Å². The molecule has 0 bridgehead atoms. The van der Waals surface area contributed by atoms with E-state index in [2.05, 4.69) is 105 Å². The topological polar surface area (TPSA) is 60.0 Å². The van der Waals surface area contributed by atoms with E-state index in [0.29, 0.717) is 16.8 Å². The summed E-state index contributed by atoms with van der Waals surface area (Å²) in [7, 11) is 0. The molecule has 238 valence electrons. The Morgan fingerprint density at radius 3 is 2.42 bits per heavy atom. The van der Waals surface area contributed by atoms with Crippen LogP contribution in [0.3, 0.4) is 0 Å². The number of nitriles is 1. The molecule has 2 aliphatic carbocycles. The van der Waals surface area contributed by atoms with E-state index in [1.165, 1.54) is 16.7 Å². The number of nitrogens with zero attached hydrogens (tertiary/aromatic N) is 2. The normalized spacial score (nSPS) is 16.4. The van der Waals surface area contributed by atoms with E-state index in [0.717, 1.165) is 59.1 Å². The quantitative estimate of drug-likeness (QED) is 0.183. The van der Waals surface area contributed by atoms with Crippen LogP contribution in [-0.4, -0.2) is 11.9 Å². The van der Waals surface area contributed by atoms with E-state index in [1.807, 2.05) is 48.7 Å². The third kappa shape index (κ3) is 8.73. The largest absolute Gasteiger partial charge is 0.300 e. The molecule has 0 saturated carbocycles. The molecule has 0 heterocycles. The minimum atomic E-state index is -0.187. The summed E-state index contributed by atoms with van der Waals surface area (Å²) in [5, 5.41) is 18.6. The molecule has 0 saturated heterocycles. The van der Waals surface area contributed by atoms with Crippen molar-refractivity contribution in [2.45, 2.75) is 44.9 Å². The summed E-state index contributed by atoms with van der Waals surface area (Å²) in [6.07, 6.45) is 23.8. The lowest BCUT2D eigenvalue weighted by Crippen LogP contribution is -2.18. The van der Waals surface area contributed by atoms with Gasteiger partial charge >= 0.3 is 0 Å². The number of benzene rings is 3. The maximum atomic E-state index is 9.51. The molecule has 4 heteroatoms. The van der Waals surface area contributed by atoms with Crippen LogP contribution in [0.1, 0.15) is 55.4 Å². The Balaban J connectivity index is 1.45. The van der Waals surface area contributed by atoms with Gasteiger partial charge < -0.3 is 5.41 Å². The molecular weight excluding hydrogens is 606 g/mol. The van der Waals surface area contributed by atoms with Crippen LogP contribution in [0.4, 0.5) is 0 Å². The maximum absolute atomic E-state index is 9.51. The zero-order valence-corrected chi connectivity index (χ0v) is 28.3. The van der Waals surface area contributed by atoms with Gasteiger partial charge in [-0.25, -0.2) is 0 Å². The Labute approximate surface area is 290 Å². The third-order valence-corrected chi connectivity index (χ3v) is 8.76. The zero-order valence-electron chi connectivity index (χ0n) is 27.6. The molecule has 0 amide bonds. The summed E-state index contributed by atoms with van der Waals surface area (Å²) in [4.78, 5) is 4.87. The number of fused-ring (bicyclic) bond motifs is 1. The molecule has 3 nitrogen and oxygen atoms in total. The molecule has 0 radical (unpaired) electrons. The summed E-state index contributed by atoms with van der Waals surface area (Å²) in [5.74, 6) is 0. The van der Waals surface area contributed by atoms with Crippen molar-refractivity contribution in [1.82, 2.24) is 0 Å². The fourth-order valence-corrected chi connectivity index (χ4v) is 5.98. The van der Waals surface area contributed by atoms with Gasteiger partial charge in [0.25, 0.3) is 0 Å². The lowest BCUT2D eigenvalue weighted by atomic mass is 9.77. The average molecular weight is 646 g/mol. The molecule has 5 rings (SSSR count). The van der Waals surface area contributed by atoms with E-state index in [1.54, 1.807) is 6.08 Å². The summed E-state index contributed by atoms with van der Waals surface area (Å²) in [6.45, 7) is 8.70. The first kappa shape index (κ1) is 34.0. The van der Waals surface area contributed by atoms with Crippen LogP contribution in [0, 0.1) is 16.7 Å². The Hall–Kier alpha value is -5.30. The summed E-state index contributed by atoms with van der Waals surface area (Å²) in [6, 6.07) is 26.8. The van der Waals surface area contributed by atoms with Crippen LogP contribution >= 0.6 is 11.6 Å². The van der Waals surface area contributed by atoms with Gasteiger partial charge in [-0.15, -0.1) is 0 Å². The Bertz CT molecular complexity index is 1970. The first-order chi connectivity index (χ1) is 23.3. The van der Waals surface area contributed by atoms with Gasteiger partial charge in [-0.1, -0.05) is 129 Å². The highest BCUT2D eigenvalue weighted by atomic mass is 35.5. The summed E-state index contributed by atoms with van der Waals surface area (Å²) in [5.41, 5.74) is 11.9. The number of hydrogen-bond donors (Lipinski definition) is 1. The third-order valence-electron chi connectivity index (χ3n) is 8.63. The van der Waals surface area contributed by atoms with Crippen LogP contribution in [0.15, 0.2) is 167 Å². The van der Waals surface area contributed by atoms with Crippen molar-refractivity contribution in [2.75, 3.05) is 0 Å². The van der Waals surface area contributed by atoms with Crippen LogP contribution < -0.4 is 0 Å². The van der Waals surface area contributed by atoms with Gasteiger partial charge in [0.15, 0.2) is 0 Å². The summed E-state index contributed by atoms with van der Waals surface area (Å²) < 4.78 is 0. The second-order valence-electron chi connectivity index (χ2n) is 12.6. The number of nitrogens with one attached hydrogen (secondary N) is 1. The van der Waals surface area contributed by atoms with Gasteiger partial charge in [-0.05, 0) is 106 Å². The second kappa shape index (κ2) is 16.0. The molecule has 48 heavy (non-hydrogen) atoms. The fourth-order valence-electron chi connectivity index (χ4n) is 5.85. The van der Waals surface area contributed by atoms with Crippen molar-refractivity contribution in [2.24, 2.45) is 4.99 Å². The van der Waals surface area contributed by atoms with Gasteiger partial charge in [0.1, 0.15) is 0 Å². The fraction of sp³-hybridized carbons (Fsp3) is 0.159. The number of aliphatic imine (C=N–C) groups is 1. The minimum Gasteiger partial charge on any atom is -0.300 e. The predicted octanol–water partition coefficient (Wildman–Crippen LogP) is 11.6. The molecule has 0 aliphatic heterocycles. The monoisotopic (exact) mass is 645 g/mol. The van der Waals surface area contributed by atoms with Crippen LogP contribution in [0.5, 0.6) is 0 Å². The Morgan fingerprint density at radius 1 is 0.938 bits per heavy atom. The maximum Gasteiger partial charge on any atom is 0.0991 e. The highest BCUT2D eigenvalue weighted by Crippen LogP contribution is 2.34. The average Bonchev–Trinajstić information content (AvgIpc) is 3.18. The van der Waals surface area contributed by atoms with Crippen molar-refractivity contribution in [3.63, 3.8) is 0 Å². The van der Waals surface area contributed by atoms with Crippen molar-refractivity contribution < 1.29 is 0 Å². The predicted molar refractivity (Wildman–Crippen MR) is 204 cm³/mol. The molecule has 0 spiro atoms. The van der Waals surface area contributed by atoms with Crippen molar-refractivity contribution in [3.8, 4) is 17.2 Å². The number of hydrogen-bond acceptors (Lipinski definition) is 3. The van der Waals surface area contributed by atoms with E-state index < -0.39 is 0 Å². The van der Waals surface area contributed by atoms with Crippen molar-refractivity contribution in [3.05, 3.63) is 184 Å². The molecule has 0 atom stereocenters. The molecule has 0 unspecified atom stereocenters. The Kier molecular flexibility index (Phi) is 11.4. The zero-order chi connectivity index (χ0) is 33.9. The van der Waals surface area contributed by atoms with Crippen molar-refractivity contribution in [1.29, 1.82) is 10.7 Å². The first-order valence-electron chi connectivity index (χ1n) is 16.2. The van der Waals surface area contributed by atoms with E-state index in [4.69, 9.17) is 22.0 Å². The number of rotatable bonds is 9. The van der Waals surface area contributed by atoms with E-state index in [9.17, 15) is 5.26 Å². The molecule has 0 fully saturated rings.